The van der Waals surface area contributed by atoms with Gasteiger partial charge in [0.05, 0.1) is 0 Å². The van der Waals surface area contributed by atoms with E-state index < -0.39 is 0 Å². The predicted octanol–water partition coefficient (Wildman–Crippen LogP) is 2.30. The summed E-state index contributed by atoms with van der Waals surface area (Å²) < 4.78 is 13.7. The third kappa shape index (κ3) is 4.30. The number of rotatable bonds is 5. The van der Waals surface area contributed by atoms with Crippen molar-refractivity contribution in [2.75, 3.05) is 32.8 Å². The summed E-state index contributed by atoms with van der Waals surface area (Å²) in [6.45, 7) is 9.08. The average molecular weight is 322 g/mol. The van der Waals surface area contributed by atoms with Crippen LogP contribution in [0.3, 0.4) is 0 Å². The average Bonchev–Trinajstić information content (AvgIpc) is 2.51. The van der Waals surface area contributed by atoms with Crippen molar-refractivity contribution in [2.45, 2.75) is 33.2 Å². The molecule has 5 heteroatoms. The maximum absolute atomic E-state index is 13.7. The Morgan fingerprint density at radius 1 is 1.39 bits per heavy atom. The number of hydrogen-bond donors (Lipinski definition) is 1. The van der Waals surface area contributed by atoms with Crippen molar-refractivity contribution in [3.63, 3.8) is 0 Å². The fraction of sp³-hybridized carbons (Fsp3) is 0.611. The Kier molecular flexibility index (Phi) is 6.13. The van der Waals surface area contributed by atoms with Crippen LogP contribution in [0, 0.1) is 18.7 Å². The topological polar surface area (TPSA) is 43.8 Å². The molecule has 1 saturated heterocycles. The number of halogens is 1. The fourth-order valence-electron chi connectivity index (χ4n) is 3.22. The summed E-state index contributed by atoms with van der Waals surface area (Å²) in [5, 5.41) is 9.31. The van der Waals surface area contributed by atoms with Crippen LogP contribution in [0.25, 0.3) is 0 Å². The highest BCUT2D eigenvalue weighted by Crippen LogP contribution is 2.19. The molecular formula is C18H27FN2O2. The van der Waals surface area contributed by atoms with Gasteiger partial charge in [-0.25, -0.2) is 4.39 Å². The lowest BCUT2D eigenvalue weighted by Crippen LogP contribution is -2.55. The minimum atomic E-state index is -0.346. The van der Waals surface area contributed by atoms with Gasteiger partial charge in [-0.05, 0) is 37.0 Å². The van der Waals surface area contributed by atoms with Crippen LogP contribution in [0.1, 0.15) is 36.2 Å². The highest BCUT2D eigenvalue weighted by Gasteiger charge is 2.30. The first kappa shape index (κ1) is 17.9. The summed E-state index contributed by atoms with van der Waals surface area (Å²) in [7, 11) is 0. The summed E-state index contributed by atoms with van der Waals surface area (Å²) in [5.74, 6) is 0.0826. The van der Waals surface area contributed by atoms with E-state index in [4.69, 9.17) is 0 Å². The molecule has 0 radical (unpaired) electrons. The summed E-state index contributed by atoms with van der Waals surface area (Å²) in [5.41, 5.74) is 0.839. The molecule has 0 bridgehead atoms. The van der Waals surface area contributed by atoms with Gasteiger partial charge in [0.1, 0.15) is 5.82 Å². The number of aliphatic hydroxyl groups is 1. The third-order valence-corrected chi connectivity index (χ3v) is 4.45. The quantitative estimate of drug-likeness (QED) is 0.905. The molecule has 0 saturated carbocycles. The molecule has 0 unspecified atom stereocenters. The molecule has 23 heavy (non-hydrogen) atoms. The van der Waals surface area contributed by atoms with Crippen LogP contribution in [0.2, 0.25) is 0 Å². The van der Waals surface area contributed by atoms with Gasteiger partial charge in [0.2, 0.25) is 0 Å². The Hall–Kier alpha value is -1.46. The van der Waals surface area contributed by atoms with Crippen molar-refractivity contribution in [3.05, 3.63) is 35.1 Å². The Bertz CT molecular complexity index is 548. The molecule has 128 valence electrons. The lowest BCUT2D eigenvalue weighted by Gasteiger charge is -2.42. The van der Waals surface area contributed by atoms with E-state index in [0.717, 1.165) is 13.1 Å². The third-order valence-electron chi connectivity index (χ3n) is 4.45. The summed E-state index contributed by atoms with van der Waals surface area (Å²) in [4.78, 5) is 16.9. The van der Waals surface area contributed by atoms with Crippen LogP contribution >= 0.6 is 0 Å². The molecule has 1 fully saturated rings. The molecule has 0 aliphatic carbocycles. The van der Waals surface area contributed by atoms with Gasteiger partial charge in [0.25, 0.3) is 5.91 Å². The normalized spacial score (nSPS) is 19.4. The van der Waals surface area contributed by atoms with Crippen molar-refractivity contribution in [1.29, 1.82) is 0 Å². The zero-order valence-corrected chi connectivity index (χ0v) is 14.3. The maximum atomic E-state index is 13.7. The Morgan fingerprint density at radius 2 is 2.13 bits per heavy atom. The lowest BCUT2D eigenvalue weighted by molar-refractivity contribution is 0.0384. The van der Waals surface area contributed by atoms with Crippen LogP contribution in [-0.2, 0) is 0 Å². The van der Waals surface area contributed by atoms with E-state index in [-0.39, 0.29) is 24.4 Å². The highest BCUT2D eigenvalue weighted by atomic mass is 19.1. The van der Waals surface area contributed by atoms with Crippen molar-refractivity contribution < 1.29 is 14.3 Å². The van der Waals surface area contributed by atoms with Gasteiger partial charge in [-0.15, -0.1) is 0 Å². The summed E-state index contributed by atoms with van der Waals surface area (Å²) in [6, 6.07) is 4.80. The first-order valence-corrected chi connectivity index (χ1v) is 8.33. The second-order valence-corrected chi connectivity index (χ2v) is 6.72. The summed E-state index contributed by atoms with van der Waals surface area (Å²) >= 11 is 0. The van der Waals surface area contributed by atoms with Gasteiger partial charge in [-0.2, -0.15) is 0 Å². The van der Waals surface area contributed by atoms with E-state index in [2.05, 4.69) is 18.7 Å². The van der Waals surface area contributed by atoms with E-state index in [0.29, 0.717) is 36.6 Å². The molecule has 1 aliphatic rings. The first-order valence-electron chi connectivity index (χ1n) is 8.33. The Labute approximate surface area is 137 Å². The van der Waals surface area contributed by atoms with E-state index in [1.165, 1.54) is 6.07 Å². The van der Waals surface area contributed by atoms with Crippen molar-refractivity contribution in [2.24, 2.45) is 5.92 Å². The van der Waals surface area contributed by atoms with Gasteiger partial charge in [-0.1, -0.05) is 19.9 Å². The van der Waals surface area contributed by atoms with Crippen molar-refractivity contribution in [3.8, 4) is 0 Å². The molecule has 1 N–H and O–H groups in total. The highest BCUT2D eigenvalue weighted by molar-refractivity contribution is 5.95. The smallest absolute Gasteiger partial charge is 0.254 e. The van der Waals surface area contributed by atoms with Crippen molar-refractivity contribution >= 4 is 5.91 Å². The van der Waals surface area contributed by atoms with E-state index in [1.807, 2.05) is 0 Å². The van der Waals surface area contributed by atoms with Gasteiger partial charge >= 0.3 is 0 Å². The molecule has 1 heterocycles. The molecule has 1 aliphatic heterocycles. The van der Waals surface area contributed by atoms with Crippen molar-refractivity contribution in [1.82, 2.24) is 9.80 Å². The second-order valence-electron chi connectivity index (χ2n) is 6.72. The van der Waals surface area contributed by atoms with Crippen LogP contribution in [0.4, 0.5) is 4.39 Å². The fourth-order valence-corrected chi connectivity index (χ4v) is 3.22. The standard InChI is InChI=1S/C18H27FN2O2/c1-13(2)11-20-8-9-21(12-15(20)7-10-22)18(23)16-5-4-6-17(19)14(16)3/h4-6,13,15,22H,7-12H2,1-3H3/t15-/m1/s1. The predicted molar refractivity (Wildman–Crippen MR) is 88.9 cm³/mol. The number of aliphatic hydroxyl groups excluding tert-OH is 1. The zero-order chi connectivity index (χ0) is 17.0. The van der Waals surface area contributed by atoms with Gasteiger partial charge in [0, 0.05) is 44.4 Å². The molecule has 4 nitrogen and oxygen atoms in total. The van der Waals surface area contributed by atoms with Crippen LogP contribution in [0.5, 0.6) is 0 Å². The van der Waals surface area contributed by atoms with E-state index in [1.54, 1.807) is 24.0 Å². The molecule has 2 rings (SSSR count). The number of benzene rings is 1. The Balaban J connectivity index is 2.12. The number of carbonyl (C=O) groups excluding carboxylic acids is 1. The number of amides is 1. The lowest BCUT2D eigenvalue weighted by atomic mass is 10.0. The molecular weight excluding hydrogens is 295 g/mol. The number of nitrogens with zero attached hydrogens (tertiary/aromatic N) is 2. The zero-order valence-electron chi connectivity index (χ0n) is 14.3. The van der Waals surface area contributed by atoms with Crippen LogP contribution < -0.4 is 0 Å². The second kappa shape index (κ2) is 7.88. The molecule has 0 spiro atoms. The minimum absolute atomic E-state index is 0.111. The number of carbonyl (C=O) groups is 1. The molecule has 1 aromatic rings. The monoisotopic (exact) mass is 322 g/mol. The van der Waals surface area contributed by atoms with Crippen LogP contribution in [-0.4, -0.2) is 59.6 Å². The van der Waals surface area contributed by atoms with Crippen LogP contribution in [0.15, 0.2) is 18.2 Å². The largest absolute Gasteiger partial charge is 0.396 e. The number of piperazine rings is 1. The van der Waals surface area contributed by atoms with Gasteiger partial charge in [-0.3, -0.25) is 9.69 Å². The minimum Gasteiger partial charge on any atom is -0.396 e. The SMILES string of the molecule is Cc1c(F)cccc1C(=O)N1CCN(CC(C)C)[C@H](CCO)C1. The molecule has 1 aromatic carbocycles. The molecule has 0 aromatic heterocycles. The molecule has 1 atom stereocenters. The number of hydrogen-bond acceptors (Lipinski definition) is 3. The van der Waals surface area contributed by atoms with Gasteiger partial charge in [0.15, 0.2) is 0 Å². The first-order chi connectivity index (χ1) is 10.9. The Morgan fingerprint density at radius 3 is 2.78 bits per heavy atom. The maximum Gasteiger partial charge on any atom is 0.254 e. The summed E-state index contributed by atoms with van der Waals surface area (Å²) in [6.07, 6.45) is 0.651. The van der Waals surface area contributed by atoms with E-state index in [9.17, 15) is 14.3 Å². The molecule has 1 amide bonds. The van der Waals surface area contributed by atoms with E-state index >= 15 is 0 Å². The van der Waals surface area contributed by atoms with Gasteiger partial charge < -0.3 is 10.0 Å².